The molecule has 1 aromatic heterocycles. The smallest absolute Gasteiger partial charge is 0.339 e. The molecule has 1 heterocycles. The lowest BCUT2D eigenvalue weighted by molar-refractivity contribution is 0.0697. The lowest BCUT2D eigenvalue weighted by Gasteiger charge is -2.21. The molecule has 0 fully saturated rings. The average Bonchev–Trinajstić information content (AvgIpc) is 2.38. The normalized spacial score (nSPS) is 12.5. The predicted molar refractivity (Wildman–Crippen MR) is 77.5 cm³/mol. The van der Waals surface area contributed by atoms with E-state index in [0.717, 1.165) is 12.8 Å². The summed E-state index contributed by atoms with van der Waals surface area (Å²) in [6.45, 7) is 4.34. The van der Waals surface area contributed by atoms with Crippen molar-refractivity contribution >= 4 is 27.7 Å². The highest BCUT2D eigenvalue weighted by atomic mass is 79.9. The number of pyridine rings is 1. The first-order valence-electron chi connectivity index (χ1n) is 6.30. The quantitative estimate of drug-likeness (QED) is 0.716. The van der Waals surface area contributed by atoms with Gasteiger partial charge in [0.2, 0.25) is 0 Å². The standard InChI is InChI=1S/C13H19BrN2O3/c1-3-8(4-2)11(17)7-16-12-10(13(18)19)5-9(14)6-15-12/h5-6,8,11,17H,3-4,7H2,1-2H3,(H,15,16)(H,18,19). The third kappa shape index (κ3) is 4.47. The summed E-state index contributed by atoms with van der Waals surface area (Å²) in [4.78, 5) is 15.1. The second-order valence-electron chi connectivity index (χ2n) is 4.38. The van der Waals surface area contributed by atoms with E-state index in [2.05, 4.69) is 26.2 Å². The van der Waals surface area contributed by atoms with Crippen LogP contribution in [0.1, 0.15) is 37.0 Å². The van der Waals surface area contributed by atoms with Crippen LogP contribution in [0.4, 0.5) is 5.82 Å². The molecule has 0 amide bonds. The van der Waals surface area contributed by atoms with Crippen LogP contribution in [0, 0.1) is 5.92 Å². The number of aliphatic hydroxyl groups is 1. The van der Waals surface area contributed by atoms with E-state index in [9.17, 15) is 9.90 Å². The second kappa shape index (κ2) is 7.45. The van der Waals surface area contributed by atoms with Gasteiger partial charge in [0, 0.05) is 17.2 Å². The lowest BCUT2D eigenvalue weighted by atomic mass is 9.96. The largest absolute Gasteiger partial charge is 0.478 e. The number of hydrogen-bond acceptors (Lipinski definition) is 4. The molecule has 0 bridgehead atoms. The number of nitrogens with zero attached hydrogens (tertiary/aromatic N) is 1. The number of nitrogens with one attached hydrogen (secondary N) is 1. The van der Waals surface area contributed by atoms with Crippen LogP contribution in [0.2, 0.25) is 0 Å². The fourth-order valence-electron chi connectivity index (χ4n) is 1.94. The second-order valence-corrected chi connectivity index (χ2v) is 5.30. The lowest BCUT2D eigenvalue weighted by Crippen LogP contribution is -2.28. The molecule has 0 spiro atoms. The molecular weight excluding hydrogens is 312 g/mol. The zero-order chi connectivity index (χ0) is 14.4. The van der Waals surface area contributed by atoms with Crippen LogP contribution in [0.5, 0.6) is 0 Å². The topological polar surface area (TPSA) is 82.5 Å². The number of carboxylic acids is 1. The summed E-state index contributed by atoms with van der Waals surface area (Å²) in [6, 6.07) is 1.49. The van der Waals surface area contributed by atoms with Gasteiger partial charge in [-0.3, -0.25) is 0 Å². The van der Waals surface area contributed by atoms with Gasteiger partial charge in [0.25, 0.3) is 0 Å². The molecular formula is C13H19BrN2O3. The number of aromatic nitrogens is 1. The molecule has 0 aromatic carbocycles. The van der Waals surface area contributed by atoms with Crippen LogP contribution < -0.4 is 5.32 Å². The molecule has 0 aliphatic heterocycles. The number of aliphatic hydroxyl groups excluding tert-OH is 1. The van der Waals surface area contributed by atoms with E-state index < -0.39 is 12.1 Å². The molecule has 0 aliphatic carbocycles. The Kier molecular flexibility index (Phi) is 6.24. The maximum Gasteiger partial charge on any atom is 0.339 e. The summed E-state index contributed by atoms with van der Waals surface area (Å²) >= 11 is 3.19. The Morgan fingerprint density at radius 1 is 1.47 bits per heavy atom. The zero-order valence-electron chi connectivity index (χ0n) is 11.1. The molecule has 0 aliphatic rings. The molecule has 1 rings (SSSR count). The number of carbonyl (C=O) groups is 1. The number of rotatable bonds is 7. The predicted octanol–water partition coefficient (Wildman–Crippen LogP) is 2.75. The maximum absolute atomic E-state index is 11.1. The number of halogens is 1. The van der Waals surface area contributed by atoms with Crippen LogP contribution in [0.15, 0.2) is 16.7 Å². The first-order valence-corrected chi connectivity index (χ1v) is 7.09. The number of hydrogen-bond donors (Lipinski definition) is 3. The van der Waals surface area contributed by atoms with Crippen molar-refractivity contribution in [1.29, 1.82) is 0 Å². The van der Waals surface area contributed by atoms with E-state index in [1.807, 2.05) is 13.8 Å². The van der Waals surface area contributed by atoms with E-state index >= 15 is 0 Å². The minimum atomic E-state index is -1.05. The van der Waals surface area contributed by atoms with Crippen molar-refractivity contribution in [2.45, 2.75) is 32.8 Å². The molecule has 1 atom stereocenters. The number of aromatic carboxylic acids is 1. The number of anilines is 1. The van der Waals surface area contributed by atoms with Crippen LogP contribution in [0.25, 0.3) is 0 Å². The van der Waals surface area contributed by atoms with Crippen molar-refractivity contribution in [2.75, 3.05) is 11.9 Å². The summed E-state index contributed by atoms with van der Waals surface area (Å²) in [5.41, 5.74) is 0.0890. The minimum absolute atomic E-state index is 0.0890. The Bertz CT molecular complexity index is 436. The van der Waals surface area contributed by atoms with Crippen LogP contribution >= 0.6 is 15.9 Å². The monoisotopic (exact) mass is 330 g/mol. The van der Waals surface area contributed by atoms with Crippen molar-refractivity contribution in [1.82, 2.24) is 4.98 Å². The van der Waals surface area contributed by atoms with E-state index in [1.165, 1.54) is 12.3 Å². The van der Waals surface area contributed by atoms with Gasteiger partial charge in [0.15, 0.2) is 0 Å². The van der Waals surface area contributed by atoms with Gasteiger partial charge in [-0.15, -0.1) is 0 Å². The summed E-state index contributed by atoms with van der Waals surface area (Å²) in [5, 5.41) is 22.0. The average molecular weight is 331 g/mol. The van der Waals surface area contributed by atoms with Crippen molar-refractivity contribution in [3.63, 3.8) is 0 Å². The van der Waals surface area contributed by atoms with Crippen molar-refractivity contribution in [3.05, 3.63) is 22.3 Å². The Morgan fingerprint density at radius 2 is 2.11 bits per heavy atom. The third-order valence-electron chi connectivity index (χ3n) is 3.16. The molecule has 3 N–H and O–H groups in total. The fourth-order valence-corrected chi connectivity index (χ4v) is 2.28. The van der Waals surface area contributed by atoms with Crippen LogP contribution in [-0.4, -0.2) is 33.8 Å². The van der Waals surface area contributed by atoms with Crippen LogP contribution in [-0.2, 0) is 0 Å². The number of carboxylic acid groups (broad SMARTS) is 1. The maximum atomic E-state index is 11.1. The molecule has 6 heteroatoms. The van der Waals surface area contributed by atoms with Crippen molar-refractivity contribution < 1.29 is 15.0 Å². The summed E-state index contributed by atoms with van der Waals surface area (Å²) < 4.78 is 0.607. The highest BCUT2D eigenvalue weighted by Crippen LogP contribution is 2.19. The fraction of sp³-hybridized carbons (Fsp3) is 0.538. The summed E-state index contributed by atoms with van der Waals surface area (Å²) in [5.74, 6) is -0.565. The van der Waals surface area contributed by atoms with Gasteiger partial charge in [-0.2, -0.15) is 0 Å². The minimum Gasteiger partial charge on any atom is -0.478 e. The van der Waals surface area contributed by atoms with Gasteiger partial charge in [-0.05, 0) is 27.9 Å². The van der Waals surface area contributed by atoms with Gasteiger partial charge in [0.1, 0.15) is 11.4 Å². The van der Waals surface area contributed by atoms with Gasteiger partial charge >= 0.3 is 5.97 Å². The molecule has 0 saturated carbocycles. The first kappa shape index (κ1) is 15.9. The first-order chi connectivity index (χ1) is 8.99. The van der Waals surface area contributed by atoms with Crippen molar-refractivity contribution in [3.8, 4) is 0 Å². The molecule has 1 aromatic rings. The van der Waals surface area contributed by atoms with E-state index in [4.69, 9.17) is 5.11 Å². The van der Waals surface area contributed by atoms with Gasteiger partial charge in [-0.25, -0.2) is 9.78 Å². The molecule has 1 unspecified atom stereocenters. The molecule has 5 nitrogen and oxygen atoms in total. The van der Waals surface area contributed by atoms with E-state index in [0.29, 0.717) is 11.0 Å². The molecule has 0 radical (unpaired) electrons. The van der Waals surface area contributed by atoms with Crippen LogP contribution in [0.3, 0.4) is 0 Å². The Morgan fingerprint density at radius 3 is 2.63 bits per heavy atom. The SMILES string of the molecule is CCC(CC)C(O)CNc1ncc(Br)cc1C(=O)O. The highest BCUT2D eigenvalue weighted by molar-refractivity contribution is 9.10. The van der Waals surface area contributed by atoms with Crippen molar-refractivity contribution in [2.24, 2.45) is 5.92 Å². The van der Waals surface area contributed by atoms with Gasteiger partial charge < -0.3 is 15.5 Å². The molecule has 0 saturated heterocycles. The molecule has 106 valence electrons. The summed E-state index contributed by atoms with van der Waals surface area (Å²) in [6.07, 6.45) is 2.79. The Hall–Kier alpha value is -1.14. The Labute approximate surface area is 121 Å². The summed E-state index contributed by atoms with van der Waals surface area (Å²) in [7, 11) is 0. The third-order valence-corrected chi connectivity index (χ3v) is 3.59. The van der Waals surface area contributed by atoms with Gasteiger partial charge in [-0.1, -0.05) is 26.7 Å². The van der Waals surface area contributed by atoms with E-state index in [-0.39, 0.29) is 17.3 Å². The van der Waals surface area contributed by atoms with E-state index in [1.54, 1.807) is 0 Å². The Balaban J connectivity index is 2.75. The highest BCUT2D eigenvalue weighted by Gasteiger charge is 2.17. The van der Waals surface area contributed by atoms with Gasteiger partial charge in [0.05, 0.1) is 6.10 Å². The molecule has 19 heavy (non-hydrogen) atoms. The zero-order valence-corrected chi connectivity index (χ0v) is 12.6.